The Morgan fingerprint density at radius 1 is 1.10 bits per heavy atom. The number of pyridine rings is 1. The second-order valence-corrected chi connectivity index (χ2v) is 8.44. The molecule has 1 atom stereocenters. The number of aryl methyl sites for hydroxylation is 1. The lowest BCUT2D eigenvalue weighted by Crippen LogP contribution is -2.55. The second kappa shape index (κ2) is 9.59. The lowest BCUT2D eigenvalue weighted by atomic mass is 10.0. The number of likely N-dealkylation sites (tertiary alicyclic amines) is 1. The molecule has 5 nitrogen and oxygen atoms in total. The van der Waals surface area contributed by atoms with E-state index in [0.717, 1.165) is 62.7 Å². The molecule has 0 unspecified atom stereocenters. The fourth-order valence-corrected chi connectivity index (χ4v) is 4.64. The highest BCUT2D eigenvalue weighted by molar-refractivity contribution is 6.30. The molecular weight excluding hydrogens is 384 g/mol. The number of nitrogens with zero attached hydrogens (tertiary/aromatic N) is 4. The van der Waals surface area contributed by atoms with Gasteiger partial charge in [-0.3, -0.25) is 14.7 Å². The Labute approximate surface area is 178 Å². The number of hydrogen-bond acceptors (Lipinski definition) is 4. The van der Waals surface area contributed by atoms with Crippen LogP contribution >= 0.6 is 11.6 Å². The first-order valence-corrected chi connectivity index (χ1v) is 11.0. The van der Waals surface area contributed by atoms with Gasteiger partial charge in [-0.15, -0.1) is 0 Å². The Bertz CT molecular complexity index is 808. The van der Waals surface area contributed by atoms with Crippen molar-refractivity contribution in [1.29, 1.82) is 0 Å². The lowest BCUT2D eigenvalue weighted by Gasteiger charge is -2.44. The van der Waals surface area contributed by atoms with Crippen LogP contribution in [0, 0.1) is 0 Å². The summed E-state index contributed by atoms with van der Waals surface area (Å²) in [4.78, 5) is 23.9. The van der Waals surface area contributed by atoms with Gasteiger partial charge in [0, 0.05) is 74.8 Å². The maximum atomic E-state index is 12.7. The van der Waals surface area contributed by atoms with Gasteiger partial charge in [-0.1, -0.05) is 23.7 Å². The molecule has 2 fully saturated rings. The number of aromatic nitrogens is 1. The zero-order valence-electron chi connectivity index (χ0n) is 16.8. The van der Waals surface area contributed by atoms with Gasteiger partial charge < -0.3 is 9.80 Å². The summed E-state index contributed by atoms with van der Waals surface area (Å²) in [7, 11) is 0. The zero-order valence-corrected chi connectivity index (χ0v) is 17.6. The van der Waals surface area contributed by atoms with Crippen LogP contribution in [-0.4, -0.2) is 66.0 Å². The first-order chi connectivity index (χ1) is 14.2. The highest BCUT2D eigenvalue weighted by Gasteiger charge is 2.29. The van der Waals surface area contributed by atoms with Crippen molar-refractivity contribution in [3.8, 4) is 0 Å². The molecule has 1 aromatic heterocycles. The van der Waals surface area contributed by atoms with E-state index < -0.39 is 0 Å². The van der Waals surface area contributed by atoms with E-state index in [1.165, 1.54) is 12.1 Å². The summed E-state index contributed by atoms with van der Waals surface area (Å²) in [6.07, 6.45) is 7.24. The van der Waals surface area contributed by atoms with Gasteiger partial charge in [-0.2, -0.15) is 0 Å². The molecule has 0 saturated carbocycles. The van der Waals surface area contributed by atoms with E-state index in [9.17, 15) is 4.79 Å². The number of piperazine rings is 1. The van der Waals surface area contributed by atoms with Gasteiger partial charge in [0.25, 0.3) is 0 Å². The third-order valence-corrected chi connectivity index (χ3v) is 6.34. The summed E-state index contributed by atoms with van der Waals surface area (Å²) in [6, 6.07) is 12.6. The molecule has 4 rings (SSSR count). The molecule has 1 aromatic carbocycles. The van der Waals surface area contributed by atoms with Gasteiger partial charge >= 0.3 is 0 Å². The van der Waals surface area contributed by atoms with Crippen molar-refractivity contribution in [2.24, 2.45) is 0 Å². The summed E-state index contributed by atoms with van der Waals surface area (Å²) in [6.45, 7) is 5.84. The van der Waals surface area contributed by atoms with E-state index >= 15 is 0 Å². The van der Waals surface area contributed by atoms with Gasteiger partial charge in [-0.25, -0.2) is 0 Å². The smallest absolute Gasteiger partial charge is 0.222 e. The Balaban J connectivity index is 1.27. The summed E-state index contributed by atoms with van der Waals surface area (Å²) in [5, 5.41) is 0.789. The number of carbonyl (C=O) groups excluding carboxylic acids is 1. The van der Waals surface area contributed by atoms with Crippen LogP contribution in [0.5, 0.6) is 0 Å². The highest BCUT2D eigenvalue weighted by Crippen LogP contribution is 2.23. The van der Waals surface area contributed by atoms with Crippen molar-refractivity contribution < 1.29 is 4.79 Å². The molecule has 0 N–H and O–H groups in total. The number of anilines is 1. The molecule has 29 heavy (non-hydrogen) atoms. The van der Waals surface area contributed by atoms with Crippen molar-refractivity contribution >= 4 is 23.2 Å². The minimum Gasteiger partial charge on any atom is -0.369 e. The van der Waals surface area contributed by atoms with Gasteiger partial charge in [-0.05, 0) is 49.1 Å². The first kappa shape index (κ1) is 20.2. The van der Waals surface area contributed by atoms with Crippen LogP contribution in [0.3, 0.4) is 0 Å². The molecule has 2 aliphatic heterocycles. The average Bonchev–Trinajstić information content (AvgIpc) is 2.78. The monoisotopic (exact) mass is 412 g/mol. The topological polar surface area (TPSA) is 39.7 Å². The highest BCUT2D eigenvalue weighted by atomic mass is 35.5. The molecular formula is C23H29ClN4O. The molecule has 0 aliphatic carbocycles. The maximum absolute atomic E-state index is 12.7. The summed E-state index contributed by atoms with van der Waals surface area (Å²) >= 11 is 6.15. The van der Waals surface area contributed by atoms with Crippen LogP contribution in [0.25, 0.3) is 0 Å². The molecule has 0 bridgehead atoms. The molecule has 2 aromatic rings. The first-order valence-electron chi connectivity index (χ1n) is 10.6. The van der Waals surface area contributed by atoms with Crippen LogP contribution in [0.4, 0.5) is 5.69 Å². The van der Waals surface area contributed by atoms with Crippen LogP contribution in [-0.2, 0) is 11.2 Å². The van der Waals surface area contributed by atoms with Gasteiger partial charge in [0.05, 0.1) is 0 Å². The molecule has 0 spiro atoms. The van der Waals surface area contributed by atoms with E-state index in [2.05, 4.69) is 25.8 Å². The fourth-order valence-electron chi connectivity index (χ4n) is 4.45. The average molecular weight is 413 g/mol. The third kappa shape index (κ3) is 5.28. The van der Waals surface area contributed by atoms with Gasteiger partial charge in [0.15, 0.2) is 0 Å². The van der Waals surface area contributed by atoms with E-state index in [1.807, 2.05) is 36.5 Å². The zero-order chi connectivity index (χ0) is 20.1. The molecule has 154 valence electrons. The number of carbonyl (C=O) groups is 1. The van der Waals surface area contributed by atoms with Gasteiger partial charge in [0.2, 0.25) is 5.91 Å². The Hall–Kier alpha value is -2.11. The quantitative estimate of drug-likeness (QED) is 0.753. The standard InChI is InChI=1S/C23H29ClN4O/c24-20-5-1-6-21(16-20)26-12-14-27(15-13-26)22-7-3-11-28(18-22)23(29)9-8-19-4-2-10-25-17-19/h1-2,4-6,10,16-17,22H,3,7-9,11-15,18H2/t22-/m1/s1. The van der Waals surface area contributed by atoms with Crippen molar-refractivity contribution in [3.63, 3.8) is 0 Å². The number of piperidine rings is 1. The molecule has 3 heterocycles. The molecule has 0 radical (unpaired) electrons. The molecule has 6 heteroatoms. The van der Waals surface area contributed by atoms with Crippen LogP contribution in [0.2, 0.25) is 5.02 Å². The summed E-state index contributed by atoms with van der Waals surface area (Å²) < 4.78 is 0. The van der Waals surface area contributed by atoms with Crippen molar-refractivity contribution in [2.45, 2.75) is 31.7 Å². The minimum atomic E-state index is 0.274. The summed E-state index contributed by atoms with van der Waals surface area (Å²) in [5.41, 5.74) is 2.33. The summed E-state index contributed by atoms with van der Waals surface area (Å²) in [5.74, 6) is 0.274. The van der Waals surface area contributed by atoms with E-state index in [4.69, 9.17) is 11.6 Å². The van der Waals surface area contributed by atoms with Crippen LogP contribution in [0.1, 0.15) is 24.8 Å². The minimum absolute atomic E-state index is 0.274. The van der Waals surface area contributed by atoms with Crippen molar-refractivity contribution in [3.05, 3.63) is 59.4 Å². The lowest BCUT2D eigenvalue weighted by molar-refractivity contribution is -0.133. The van der Waals surface area contributed by atoms with Gasteiger partial charge in [0.1, 0.15) is 0 Å². The van der Waals surface area contributed by atoms with Crippen molar-refractivity contribution in [2.75, 3.05) is 44.2 Å². The predicted octanol–water partition coefficient (Wildman–Crippen LogP) is 3.48. The molecule has 2 saturated heterocycles. The van der Waals surface area contributed by atoms with E-state index in [-0.39, 0.29) is 5.91 Å². The van der Waals surface area contributed by atoms with Crippen molar-refractivity contribution in [1.82, 2.24) is 14.8 Å². The Morgan fingerprint density at radius 3 is 2.72 bits per heavy atom. The number of benzene rings is 1. The number of hydrogen-bond donors (Lipinski definition) is 0. The number of rotatable bonds is 5. The van der Waals surface area contributed by atoms with Crippen LogP contribution < -0.4 is 4.90 Å². The largest absolute Gasteiger partial charge is 0.369 e. The maximum Gasteiger partial charge on any atom is 0.222 e. The normalized spacial score (nSPS) is 20.7. The predicted molar refractivity (Wildman–Crippen MR) is 117 cm³/mol. The molecule has 1 amide bonds. The number of halogens is 1. The number of amides is 1. The van der Waals surface area contributed by atoms with E-state index in [0.29, 0.717) is 12.5 Å². The Morgan fingerprint density at radius 2 is 1.97 bits per heavy atom. The Kier molecular flexibility index (Phi) is 6.67. The third-order valence-electron chi connectivity index (χ3n) is 6.10. The fraction of sp³-hybridized carbons (Fsp3) is 0.478. The van der Waals surface area contributed by atoms with Crippen LogP contribution in [0.15, 0.2) is 48.8 Å². The SMILES string of the molecule is O=C(CCc1cccnc1)N1CCC[C@@H](N2CCN(c3cccc(Cl)c3)CC2)C1. The second-order valence-electron chi connectivity index (χ2n) is 8.00. The molecule has 2 aliphatic rings. The van der Waals surface area contributed by atoms with E-state index in [1.54, 1.807) is 6.20 Å².